The molecule has 0 spiro atoms. The number of carbonyl (C=O) groups excluding carboxylic acids is 1. The summed E-state index contributed by atoms with van der Waals surface area (Å²) >= 11 is 3.18. The first-order chi connectivity index (χ1) is 8.40. The van der Waals surface area contributed by atoms with Gasteiger partial charge in [0.25, 0.3) is 0 Å². The summed E-state index contributed by atoms with van der Waals surface area (Å²) in [6.45, 7) is 3.19. The van der Waals surface area contributed by atoms with E-state index < -0.39 is 12.0 Å². The molecule has 0 radical (unpaired) electrons. The van der Waals surface area contributed by atoms with Crippen molar-refractivity contribution in [2.75, 3.05) is 11.9 Å². The Morgan fingerprint density at radius 2 is 2.17 bits per heavy atom. The van der Waals surface area contributed by atoms with Gasteiger partial charge >= 0.3 is 6.09 Å². The van der Waals surface area contributed by atoms with Crippen molar-refractivity contribution < 1.29 is 14.7 Å². The number of halogens is 1. The summed E-state index contributed by atoms with van der Waals surface area (Å²) in [5.74, 6) is -0.0415. The molecule has 0 saturated heterocycles. The molecule has 1 aromatic heterocycles. The summed E-state index contributed by atoms with van der Waals surface area (Å²) in [5, 5.41) is 11.5. The fraction of sp³-hybridized carbons (Fsp3) is 0.364. The van der Waals surface area contributed by atoms with Crippen LogP contribution < -0.4 is 5.32 Å². The van der Waals surface area contributed by atoms with E-state index in [2.05, 4.69) is 26.2 Å². The summed E-state index contributed by atoms with van der Waals surface area (Å²) in [6, 6.07) is 4.82. The summed E-state index contributed by atoms with van der Waals surface area (Å²) in [4.78, 5) is 27.7. The zero-order valence-electron chi connectivity index (χ0n) is 10.1. The number of nitrogens with one attached hydrogen (secondary N) is 1. The van der Waals surface area contributed by atoms with E-state index in [4.69, 9.17) is 5.11 Å². The third kappa shape index (κ3) is 4.33. The number of rotatable bonds is 4. The Bertz CT molecular complexity index is 451. The minimum atomic E-state index is -1.12. The fourth-order valence-electron chi connectivity index (χ4n) is 1.29. The quantitative estimate of drug-likeness (QED) is 0.834. The van der Waals surface area contributed by atoms with E-state index in [-0.39, 0.29) is 12.6 Å². The van der Waals surface area contributed by atoms with E-state index in [0.29, 0.717) is 10.4 Å². The maximum absolute atomic E-state index is 11.7. The molecule has 18 heavy (non-hydrogen) atoms. The highest BCUT2D eigenvalue weighted by Gasteiger charge is 2.19. The third-order valence-corrected chi connectivity index (χ3v) is 2.61. The highest BCUT2D eigenvalue weighted by Crippen LogP contribution is 2.10. The summed E-state index contributed by atoms with van der Waals surface area (Å²) < 4.78 is 0.597. The van der Waals surface area contributed by atoms with Gasteiger partial charge in [-0.25, -0.2) is 9.78 Å². The van der Waals surface area contributed by atoms with Crippen LogP contribution in [0.2, 0.25) is 0 Å². The van der Waals surface area contributed by atoms with Crippen molar-refractivity contribution in [3.63, 3.8) is 0 Å². The molecule has 1 rings (SSSR count). The van der Waals surface area contributed by atoms with Gasteiger partial charge in [0, 0.05) is 6.04 Å². The van der Waals surface area contributed by atoms with Crippen LogP contribution in [0.4, 0.5) is 10.6 Å². The van der Waals surface area contributed by atoms with Gasteiger partial charge in [0.2, 0.25) is 5.91 Å². The van der Waals surface area contributed by atoms with Gasteiger partial charge in [-0.1, -0.05) is 6.07 Å². The number of carboxylic acid groups (broad SMARTS) is 1. The Balaban J connectivity index is 2.63. The Morgan fingerprint density at radius 1 is 1.50 bits per heavy atom. The molecule has 2 N–H and O–H groups in total. The van der Waals surface area contributed by atoms with Crippen LogP contribution in [0.25, 0.3) is 0 Å². The normalized spacial score (nSPS) is 10.2. The van der Waals surface area contributed by atoms with E-state index in [1.165, 1.54) is 0 Å². The molecule has 0 unspecified atom stereocenters. The zero-order chi connectivity index (χ0) is 13.7. The molecule has 6 nitrogen and oxygen atoms in total. The minimum Gasteiger partial charge on any atom is -0.465 e. The predicted molar refractivity (Wildman–Crippen MR) is 70.4 cm³/mol. The summed E-state index contributed by atoms with van der Waals surface area (Å²) in [6.07, 6.45) is -1.12. The van der Waals surface area contributed by atoms with Gasteiger partial charge < -0.3 is 10.4 Å². The molecule has 0 aliphatic heterocycles. The topological polar surface area (TPSA) is 82.5 Å². The number of nitrogens with zero attached hydrogens (tertiary/aromatic N) is 2. The lowest BCUT2D eigenvalue weighted by Crippen LogP contribution is -2.41. The van der Waals surface area contributed by atoms with Crippen LogP contribution in [0, 0.1) is 0 Å². The molecule has 0 aliphatic carbocycles. The maximum Gasteiger partial charge on any atom is 0.407 e. The highest BCUT2D eigenvalue weighted by molar-refractivity contribution is 9.10. The second-order valence-corrected chi connectivity index (χ2v) is 4.71. The molecular formula is C11H14BrN3O3. The Labute approximate surface area is 113 Å². The first kappa shape index (κ1) is 14.4. The second kappa shape index (κ2) is 6.34. The standard InChI is InChI=1S/C11H14BrN3O3/c1-7(2)15(11(17)18)6-10(16)14-9-5-3-4-8(12)13-9/h3-5,7H,6H2,1-2H3,(H,17,18)(H,13,14,16). The van der Waals surface area contributed by atoms with E-state index >= 15 is 0 Å². The van der Waals surface area contributed by atoms with Crippen molar-refractivity contribution in [1.82, 2.24) is 9.88 Å². The third-order valence-electron chi connectivity index (χ3n) is 2.17. The Hall–Kier alpha value is -1.63. The summed E-state index contributed by atoms with van der Waals surface area (Å²) in [5.41, 5.74) is 0. The number of aromatic nitrogens is 1. The molecule has 2 amide bonds. The van der Waals surface area contributed by atoms with Crippen LogP contribution in [-0.4, -0.2) is 39.6 Å². The number of anilines is 1. The van der Waals surface area contributed by atoms with Crippen LogP contribution in [0.3, 0.4) is 0 Å². The SMILES string of the molecule is CC(C)N(CC(=O)Nc1cccc(Br)n1)C(=O)O. The molecule has 0 atom stereocenters. The highest BCUT2D eigenvalue weighted by atomic mass is 79.9. The van der Waals surface area contributed by atoms with Crippen LogP contribution >= 0.6 is 15.9 Å². The molecule has 0 fully saturated rings. The molecule has 0 saturated carbocycles. The Morgan fingerprint density at radius 3 is 2.67 bits per heavy atom. The molecular weight excluding hydrogens is 302 g/mol. The first-order valence-corrected chi connectivity index (χ1v) is 6.11. The summed E-state index contributed by atoms with van der Waals surface area (Å²) in [7, 11) is 0. The fourth-order valence-corrected chi connectivity index (χ4v) is 1.63. The number of carbonyl (C=O) groups is 2. The van der Waals surface area contributed by atoms with Crippen LogP contribution in [-0.2, 0) is 4.79 Å². The van der Waals surface area contributed by atoms with Crippen LogP contribution in [0.5, 0.6) is 0 Å². The molecule has 98 valence electrons. The number of hydrogen-bond donors (Lipinski definition) is 2. The van der Waals surface area contributed by atoms with E-state index in [0.717, 1.165) is 4.90 Å². The molecule has 0 aromatic carbocycles. The lowest BCUT2D eigenvalue weighted by Gasteiger charge is -2.22. The van der Waals surface area contributed by atoms with Crippen molar-refractivity contribution >= 4 is 33.7 Å². The van der Waals surface area contributed by atoms with E-state index in [1.54, 1.807) is 32.0 Å². The van der Waals surface area contributed by atoms with Crippen molar-refractivity contribution in [2.45, 2.75) is 19.9 Å². The number of pyridine rings is 1. The smallest absolute Gasteiger partial charge is 0.407 e. The predicted octanol–water partition coefficient (Wildman–Crippen LogP) is 2.17. The average Bonchev–Trinajstić information content (AvgIpc) is 2.25. The van der Waals surface area contributed by atoms with Crippen LogP contribution in [0.15, 0.2) is 22.8 Å². The second-order valence-electron chi connectivity index (χ2n) is 3.90. The zero-order valence-corrected chi connectivity index (χ0v) is 11.6. The van der Waals surface area contributed by atoms with Crippen LogP contribution in [0.1, 0.15) is 13.8 Å². The molecule has 1 aromatic rings. The Kier molecular flexibility index (Phi) is 5.08. The van der Waals surface area contributed by atoms with Crippen molar-refractivity contribution in [3.8, 4) is 0 Å². The van der Waals surface area contributed by atoms with Gasteiger partial charge in [0.1, 0.15) is 17.0 Å². The van der Waals surface area contributed by atoms with Gasteiger partial charge in [0.15, 0.2) is 0 Å². The molecule has 7 heteroatoms. The van der Waals surface area contributed by atoms with Gasteiger partial charge in [-0.05, 0) is 41.9 Å². The minimum absolute atomic E-state index is 0.221. The lowest BCUT2D eigenvalue weighted by atomic mass is 10.3. The van der Waals surface area contributed by atoms with E-state index in [9.17, 15) is 9.59 Å². The van der Waals surface area contributed by atoms with Crippen molar-refractivity contribution in [3.05, 3.63) is 22.8 Å². The average molecular weight is 316 g/mol. The first-order valence-electron chi connectivity index (χ1n) is 5.32. The number of hydrogen-bond acceptors (Lipinski definition) is 3. The monoisotopic (exact) mass is 315 g/mol. The molecule has 0 bridgehead atoms. The van der Waals surface area contributed by atoms with Gasteiger partial charge in [-0.3, -0.25) is 9.69 Å². The molecule has 1 heterocycles. The van der Waals surface area contributed by atoms with Crippen molar-refractivity contribution in [2.24, 2.45) is 0 Å². The maximum atomic E-state index is 11.7. The lowest BCUT2D eigenvalue weighted by molar-refractivity contribution is -0.117. The van der Waals surface area contributed by atoms with Gasteiger partial charge in [0.05, 0.1) is 0 Å². The largest absolute Gasteiger partial charge is 0.465 e. The number of amides is 2. The van der Waals surface area contributed by atoms with Gasteiger partial charge in [-0.15, -0.1) is 0 Å². The van der Waals surface area contributed by atoms with Crippen molar-refractivity contribution in [1.29, 1.82) is 0 Å². The van der Waals surface area contributed by atoms with E-state index in [1.807, 2.05) is 0 Å². The molecule has 0 aliphatic rings. The van der Waals surface area contributed by atoms with Gasteiger partial charge in [-0.2, -0.15) is 0 Å².